The monoisotopic (exact) mass is 325 g/mol. The van der Waals surface area contributed by atoms with Crippen LogP contribution in [-0.2, 0) is 11.9 Å². The maximum absolute atomic E-state index is 13.0. The predicted molar refractivity (Wildman–Crippen MR) is 74.2 cm³/mol. The molecule has 0 amide bonds. The number of methoxy groups -OCH3 is 1. The van der Waals surface area contributed by atoms with E-state index in [1.54, 1.807) is 13.3 Å². The summed E-state index contributed by atoms with van der Waals surface area (Å²) in [6.45, 7) is 0.245. The minimum Gasteiger partial charge on any atom is -0.493 e. The summed E-state index contributed by atoms with van der Waals surface area (Å²) in [5.41, 5.74) is 1.77. The van der Waals surface area contributed by atoms with Gasteiger partial charge in [-0.3, -0.25) is 4.98 Å². The highest BCUT2D eigenvalue weighted by atomic mass is 79.9. The molecule has 0 saturated carbocycles. The van der Waals surface area contributed by atoms with Gasteiger partial charge in [0.1, 0.15) is 12.4 Å². The first-order valence-electron chi connectivity index (χ1n) is 5.68. The van der Waals surface area contributed by atoms with Gasteiger partial charge in [0.15, 0.2) is 11.5 Å². The van der Waals surface area contributed by atoms with Crippen LogP contribution in [0.15, 0.2) is 36.7 Å². The molecule has 1 aromatic heterocycles. The molecule has 0 N–H and O–H groups in total. The Kier molecular flexibility index (Phi) is 4.74. The molecule has 0 radical (unpaired) electrons. The molecule has 100 valence electrons. The third-order valence-electron chi connectivity index (χ3n) is 2.54. The maximum atomic E-state index is 13.0. The number of ether oxygens (including phenoxy) is 2. The summed E-state index contributed by atoms with van der Waals surface area (Å²) >= 11 is 3.38. The molecule has 0 unspecified atom stereocenters. The van der Waals surface area contributed by atoms with Crippen LogP contribution in [0.1, 0.15) is 11.1 Å². The van der Waals surface area contributed by atoms with Crippen molar-refractivity contribution in [2.45, 2.75) is 11.9 Å². The number of alkyl halides is 1. The lowest BCUT2D eigenvalue weighted by atomic mass is 10.2. The van der Waals surface area contributed by atoms with Crippen LogP contribution in [0.25, 0.3) is 0 Å². The van der Waals surface area contributed by atoms with Crippen molar-refractivity contribution in [1.82, 2.24) is 4.98 Å². The molecule has 0 bridgehead atoms. The molecule has 0 aliphatic carbocycles. The fourth-order valence-corrected chi connectivity index (χ4v) is 1.96. The number of rotatable bonds is 5. The standard InChI is InChI=1S/C14H13BrFNO2/c1-18-14-5-10(6-15)2-3-13(14)19-9-11-4-12(16)8-17-7-11/h2-5,7-8H,6,9H2,1H3. The first kappa shape index (κ1) is 13.8. The highest BCUT2D eigenvalue weighted by molar-refractivity contribution is 9.08. The predicted octanol–water partition coefficient (Wildman–Crippen LogP) is 3.70. The smallest absolute Gasteiger partial charge is 0.161 e. The van der Waals surface area contributed by atoms with Gasteiger partial charge in [-0.05, 0) is 23.8 Å². The number of benzene rings is 1. The van der Waals surface area contributed by atoms with Crippen LogP contribution in [-0.4, -0.2) is 12.1 Å². The second-order valence-corrected chi connectivity index (χ2v) is 4.48. The van der Waals surface area contributed by atoms with E-state index in [1.165, 1.54) is 6.07 Å². The molecule has 0 aliphatic heterocycles. The maximum Gasteiger partial charge on any atom is 0.161 e. The molecule has 2 rings (SSSR count). The highest BCUT2D eigenvalue weighted by Gasteiger charge is 2.06. The normalized spacial score (nSPS) is 10.3. The first-order chi connectivity index (χ1) is 9.22. The van der Waals surface area contributed by atoms with Crippen LogP contribution in [0.4, 0.5) is 4.39 Å². The number of hydrogen-bond donors (Lipinski definition) is 0. The Labute approximate surface area is 119 Å². The molecule has 0 saturated heterocycles. The van der Waals surface area contributed by atoms with E-state index in [9.17, 15) is 4.39 Å². The third kappa shape index (κ3) is 3.67. The van der Waals surface area contributed by atoms with Crippen LogP contribution in [0, 0.1) is 5.82 Å². The summed E-state index contributed by atoms with van der Waals surface area (Å²) in [5, 5.41) is 0.747. The minimum absolute atomic E-state index is 0.245. The summed E-state index contributed by atoms with van der Waals surface area (Å²) in [5.74, 6) is 0.903. The van der Waals surface area contributed by atoms with Gasteiger partial charge in [-0.15, -0.1) is 0 Å². The number of halogens is 2. The van der Waals surface area contributed by atoms with Gasteiger partial charge < -0.3 is 9.47 Å². The summed E-state index contributed by atoms with van der Waals surface area (Å²) in [4.78, 5) is 3.77. The lowest BCUT2D eigenvalue weighted by Crippen LogP contribution is -1.99. The van der Waals surface area contributed by atoms with Crippen LogP contribution < -0.4 is 9.47 Å². The van der Waals surface area contributed by atoms with Crippen molar-refractivity contribution in [3.8, 4) is 11.5 Å². The van der Waals surface area contributed by atoms with Crippen molar-refractivity contribution < 1.29 is 13.9 Å². The molecule has 1 heterocycles. The van der Waals surface area contributed by atoms with Crippen LogP contribution in [0.2, 0.25) is 0 Å². The Hall–Kier alpha value is -1.62. The Morgan fingerprint density at radius 3 is 2.68 bits per heavy atom. The zero-order valence-electron chi connectivity index (χ0n) is 10.4. The molecular weight excluding hydrogens is 313 g/mol. The lowest BCUT2D eigenvalue weighted by molar-refractivity contribution is 0.283. The van der Waals surface area contributed by atoms with Gasteiger partial charge in [-0.25, -0.2) is 4.39 Å². The van der Waals surface area contributed by atoms with E-state index in [2.05, 4.69) is 20.9 Å². The molecule has 0 atom stereocenters. The molecule has 0 fully saturated rings. The molecule has 2 aromatic rings. The Balaban J connectivity index is 2.11. The van der Waals surface area contributed by atoms with Gasteiger partial charge in [0, 0.05) is 17.1 Å². The zero-order chi connectivity index (χ0) is 13.7. The third-order valence-corrected chi connectivity index (χ3v) is 3.19. The van der Waals surface area contributed by atoms with Crippen LogP contribution >= 0.6 is 15.9 Å². The van der Waals surface area contributed by atoms with Gasteiger partial charge in [-0.2, -0.15) is 0 Å². The molecule has 1 aromatic carbocycles. The van der Waals surface area contributed by atoms with E-state index in [0.29, 0.717) is 17.1 Å². The largest absolute Gasteiger partial charge is 0.493 e. The topological polar surface area (TPSA) is 31.4 Å². The average molecular weight is 326 g/mol. The van der Waals surface area contributed by atoms with Crippen LogP contribution in [0.5, 0.6) is 11.5 Å². The van der Waals surface area contributed by atoms with E-state index in [4.69, 9.17) is 9.47 Å². The van der Waals surface area contributed by atoms with E-state index >= 15 is 0 Å². The minimum atomic E-state index is -0.372. The van der Waals surface area contributed by atoms with Crippen LogP contribution in [0.3, 0.4) is 0 Å². The summed E-state index contributed by atoms with van der Waals surface area (Å²) < 4.78 is 23.9. The van der Waals surface area contributed by atoms with Gasteiger partial charge in [0.05, 0.1) is 13.3 Å². The first-order valence-corrected chi connectivity index (χ1v) is 6.80. The fourth-order valence-electron chi connectivity index (χ4n) is 1.61. The van der Waals surface area contributed by atoms with Crippen molar-refractivity contribution in [2.75, 3.05) is 7.11 Å². The Morgan fingerprint density at radius 1 is 1.16 bits per heavy atom. The fraction of sp³-hybridized carbons (Fsp3) is 0.214. The highest BCUT2D eigenvalue weighted by Crippen LogP contribution is 2.29. The molecular formula is C14H13BrFNO2. The molecule has 0 aliphatic rings. The van der Waals surface area contributed by atoms with Crippen molar-refractivity contribution in [1.29, 1.82) is 0 Å². The number of aromatic nitrogens is 1. The van der Waals surface area contributed by atoms with Gasteiger partial charge in [0.25, 0.3) is 0 Å². The zero-order valence-corrected chi connectivity index (χ0v) is 12.0. The number of hydrogen-bond acceptors (Lipinski definition) is 3. The molecule has 3 nitrogen and oxygen atoms in total. The van der Waals surface area contributed by atoms with Crippen molar-refractivity contribution in [3.63, 3.8) is 0 Å². The molecule has 5 heteroatoms. The lowest BCUT2D eigenvalue weighted by Gasteiger charge is -2.11. The van der Waals surface area contributed by atoms with Crippen molar-refractivity contribution >= 4 is 15.9 Å². The van der Waals surface area contributed by atoms with Crippen molar-refractivity contribution in [2.24, 2.45) is 0 Å². The SMILES string of the molecule is COc1cc(CBr)ccc1OCc1cncc(F)c1. The molecule has 19 heavy (non-hydrogen) atoms. The number of pyridine rings is 1. The second kappa shape index (κ2) is 6.52. The van der Waals surface area contributed by atoms with E-state index in [1.807, 2.05) is 18.2 Å². The Bertz CT molecular complexity index is 563. The van der Waals surface area contributed by atoms with E-state index < -0.39 is 0 Å². The quantitative estimate of drug-likeness (QED) is 0.785. The van der Waals surface area contributed by atoms with Gasteiger partial charge in [-0.1, -0.05) is 22.0 Å². The second-order valence-electron chi connectivity index (χ2n) is 3.92. The average Bonchev–Trinajstić information content (AvgIpc) is 2.45. The summed E-state index contributed by atoms with van der Waals surface area (Å²) in [6, 6.07) is 7.07. The van der Waals surface area contributed by atoms with E-state index in [0.717, 1.165) is 17.1 Å². The summed E-state index contributed by atoms with van der Waals surface area (Å²) in [7, 11) is 1.59. The number of nitrogens with zero attached hydrogens (tertiary/aromatic N) is 1. The van der Waals surface area contributed by atoms with Gasteiger partial charge in [0.2, 0.25) is 0 Å². The Morgan fingerprint density at radius 2 is 2.00 bits per heavy atom. The molecule has 0 spiro atoms. The van der Waals surface area contributed by atoms with Gasteiger partial charge >= 0.3 is 0 Å². The van der Waals surface area contributed by atoms with E-state index in [-0.39, 0.29) is 12.4 Å². The van der Waals surface area contributed by atoms with Crippen molar-refractivity contribution in [3.05, 3.63) is 53.6 Å². The summed E-state index contributed by atoms with van der Waals surface area (Å²) in [6.07, 6.45) is 2.73.